The molecule has 0 aliphatic rings. The molecule has 0 atom stereocenters. The number of hydrogen-bond donors (Lipinski definition) is 0. The van der Waals surface area contributed by atoms with Gasteiger partial charge in [-0.3, -0.25) is 0 Å². The first kappa shape index (κ1) is 10.3. The molecule has 0 saturated heterocycles. The van der Waals surface area contributed by atoms with E-state index < -0.39 is 23.7 Å². The molecule has 0 saturated carbocycles. The molecule has 1 aromatic heterocycles. The molecule has 0 unspecified atom stereocenters. The maximum absolute atomic E-state index is 13.1. The predicted molar refractivity (Wildman–Crippen MR) is 43.4 cm³/mol. The third-order valence-electron chi connectivity index (χ3n) is 1.38. The van der Waals surface area contributed by atoms with Crippen molar-refractivity contribution in [2.45, 2.75) is 6.43 Å². The van der Waals surface area contributed by atoms with Gasteiger partial charge in [0.25, 0.3) is 6.43 Å². The van der Waals surface area contributed by atoms with E-state index in [4.69, 9.17) is 0 Å². The highest BCUT2D eigenvalue weighted by molar-refractivity contribution is 9.10. The van der Waals surface area contributed by atoms with Crippen LogP contribution in [0, 0.1) is 5.82 Å². The van der Waals surface area contributed by atoms with Crippen LogP contribution < -0.4 is 4.74 Å². The second kappa shape index (κ2) is 3.95. The van der Waals surface area contributed by atoms with Crippen LogP contribution in [0.15, 0.2) is 10.7 Å². The van der Waals surface area contributed by atoms with E-state index in [-0.39, 0.29) is 4.47 Å². The molecule has 0 bridgehead atoms. The fourth-order valence-corrected chi connectivity index (χ4v) is 1.13. The van der Waals surface area contributed by atoms with E-state index in [0.717, 1.165) is 13.3 Å². The molecular formula is C7H5BrF3NO. The van der Waals surface area contributed by atoms with Crippen LogP contribution in [-0.4, -0.2) is 12.1 Å². The molecular weight excluding hydrogens is 251 g/mol. The van der Waals surface area contributed by atoms with Crippen molar-refractivity contribution in [3.05, 3.63) is 22.1 Å². The van der Waals surface area contributed by atoms with Crippen molar-refractivity contribution in [3.63, 3.8) is 0 Å². The van der Waals surface area contributed by atoms with Crippen LogP contribution >= 0.6 is 15.9 Å². The van der Waals surface area contributed by atoms with Gasteiger partial charge < -0.3 is 4.74 Å². The van der Waals surface area contributed by atoms with Gasteiger partial charge in [0.05, 0.1) is 11.6 Å². The minimum atomic E-state index is -2.94. The maximum Gasteiger partial charge on any atom is 0.271 e. The molecule has 0 aliphatic heterocycles. The van der Waals surface area contributed by atoms with Crippen LogP contribution in [0.2, 0.25) is 0 Å². The molecule has 1 aromatic rings. The lowest BCUT2D eigenvalue weighted by Gasteiger charge is -2.07. The Morgan fingerprint density at radius 1 is 1.54 bits per heavy atom. The van der Waals surface area contributed by atoms with Gasteiger partial charge in [-0.25, -0.2) is 18.2 Å². The Balaban J connectivity index is 3.32. The topological polar surface area (TPSA) is 22.1 Å². The zero-order chi connectivity index (χ0) is 10.0. The van der Waals surface area contributed by atoms with E-state index in [1.54, 1.807) is 0 Å². The molecule has 0 fully saturated rings. The normalized spacial score (nSPS) is 10.6. The van der Waals surface area contributed by atoms with Crippen molar-refractivity contribution in [2.24, 2.45) is 0 Å². The minimum Gasteiger partial charge on any atom is -0.481 e. The Bertz CT molecular complexity index is 319. The molecule has 0 spiro atoms. The molecule has 0 aliphatic carbocycles. The molecule has 1 heterocycles. The summed E-state index contributed by atoms with van der Waals surface area (Å²) in [5.74, 6) is -1.43. The number of aromatic nitrogens is 1. The summed E-state index contributed by atoms with van der Waals surface area (Å²) >= 11 is 2.75. The van der Waals surface area contributed by atoms with Gasteiger partial charge in [0.1, 0.15) is 5.56 Å². The SMILES string of the molecule is COc1ncc(Br)c(F)c1C(F)F. The van der Waals surface area contributed by atoms with Gasteiger partial charge in [-0.2, -0.15) is 0 Å². The van der Waals surface area contributed by atoms with Crippen molar-refractivity contribution in [1.82, 2.24) is 4.98 Å². The summed E-state index contributed by atoms with van der Waals surface area (Å²) in [4.78, 5) is 3.49. The maximum atomic E-state index is 13.1. The van der Waals surface area contributed by atoms with Crippen LogP contribution in [0.4, 0.5) is 13.2 Å². The van der Waals surface area contributed by atoms with Gasteiger partial charge in [-0.05, 0) is 15.9 Å². The number of rotatable bonds is 2. The van der Waals surface area contributed by atoms with Gasteiger partial charge in [-0.1, -0.05) is 0 Å². The first-order valence-electron chi connectivity index (χ1n) is 3.24. The van der Waals surface area contributed by atoms with Gasteiger partial charge in [0, 0.05) is 6.20 Å². The van der Waals surface area contributed by atoms with E-state index in [1.165, 1.54) is 0 Å². The Labute approximate surface area is 80.9 Å². The number of pyridine rings is 1. The highest BCUT2D eigenvalue weighted by Gasteiger charge is 2.22. The van der Waals surface area contributed by atoms with Gasteiger partial charge >= 0.3 is 0 Å². The smallest absolute Gasteiger partial charge is 0.271 e. The summed E-state index contributed by atoms with van der Waals surface area (Å²) in [5.41, 5.74) is -0.822. The van der Waals surface area contributed by atoms with E-state index >= 15 is 0 Å². The zero-order valence-corrected chi connectivity index (χ0v) is 8.11. The Hall–Kier alpha value is -0.780. The van der Waals surface area contributed by atoms with Crippen molar-refractivity contribution in [3.8, 4) is 5.88 Å². The molecule has 2 nitrogen and oxygen atoms in total. The fourth-order valence-electron chi connectivity index (χ4n) is 0.816. The van der Waals surface area contributed by atoms with Gasteiger partial charge in [-0.15, -0.1) is 0 Å². The molecule has 0 radical (unpaired) electrons. The fraction of sp³-hybridized carbons (Fsp3) is 0.286. The second-order valence-corrected chi connectivity index (χ2v) is 3.00. The van der Waals surface area contributed by atoms with Crippen LogP contribution in [0.1, 0.15) is 12.0 Å². The van der Waals surface area contributed by atoms with Crippen molar-refractivity contribution in [2.75, 3.05) is 7.11 Å². The summed E-state index contributed by atoms with van der Waals surface area (Å²) < 4.78 is 42.0. The summed E-state index contributed by atoms with van der Waals surface area (Å²) in [6, 6.07) is 0. The van der Waals surface area contributed by atoms with Crippen molar-refractivity contribution in [1.29, 1.82) is 0 Å². The standard InChI is InChI=1S/C7H5BrF3NO/c1-13-7-4(6(10)11)5(9)3(8)2-12-7/h2,6H,1H3. The molecule has 1 rings (SSSR count). The van der Waals surface area contributed by atoms with Crippen molar-refractivity contribution >= 4 is 15.9 Å². The first-order chi connectivity index (χ1) is 6.07. The highest BCUT2D eigenvalue weighted by Crippen LogP contribution is 2.32. The number of nitrogens with zero attached hydrogens (tertiary/aromatic N) is 1. The van der Waals surface area contributed by atoms with Crippen molar-refractivity contribution < 1.29 is 17.9 Å². The summed E-state index contributed by atoms with van der Waals surface area (Å²) in [6.45, 7) is 0. The molecule has 0 aromatic carbocycles. The van der Waals surface area contributed by atoms with Gasteiger partial charge in [0.2, 0.25) is 5.88 Å². The van der Waals surface area contributed by atoms with E-state index in [2.05, 4.69) is 25.7 Å². The third-order valence-corrected chi connectivity index (χ3v) is 1.94. The lowest BCUT2D eigenvalue weighted by atomic mass is 10.2. The van der Waals surface area contributed by atoms with Crippen LogP contribution in [0.5, 0.6) is 5.88 Å². The van der Waals surface area contributed by atoms with Gasteiger partial charge in [0.15, 0.2) is 5.82 Å². The van der Waals surface area contributed by atoms with Crippen LogP contribution in [0.25, 0.3) is 0 Å². The van der Waals surface area contributed by atoms with Crippen LogP contribution in [0.3, 0.4) is 0 Å². The zero-order valence-electron chi connectivity index (χ0n) is 6.52. The molecule has 0 amide bonds. The molecule has 6 heteroatoms. The van der Waals surface area contributed by atoms with E-state index in [1.807, 2.05) is 0 Å². The highest BCUT2D eigenvalue weighted by atomic mass is 79.9. The minimum absolute atomic E-state index is 0.108. The summed E-state index contributed by atoms with van der Waals surface area (Å²) in [6.07, 6.45) is -1.88. The third kappa shape index (κ3) is 1.93. The number of ether oxygens (including phenoxy) is 1. The van der Waals surface area contributed by atoms with E-state index in [0.29, 0.717) is 0 Å². The molecule has 0 N–H and O–H groups in total. The Morgan fingerprint density at radius 2 is 2.15 bits per heavy atom. The number of alkyl halides is 2. The number of hydrogen-bond acceptors (Lipinski definition) is 2. The predicted octanol–water partition coefficient (Wildman–Crippen LogP) is 2.93. The van der Waals surface area contributed by atoms with E-state index in [9.17, 15) is 13.2 Å². The van der Waals surface area contributed by atoms with Crippen LogP contribution in [-0.2, 0) is 0 Å². The lowest BCUT2D eigenvalue weighted by Crippen LogP contribution is -2.00. The summed E-state index contributed by atoms with van der Waals surface area (Å²) in [7, 11) is 1.15. The average Bonchev–Trinajstić information content (AvgIpc) is 2.08. The summed E-state index contributed by atoms with van der Waals surface area (Å²) in [5, 5.41) is 0. The number of methoxy groups -OCH3 is 1. The second-order valence-electron chi connectivity index (χ2n) is 2.14. The largest absolute Gasteiger partial charge is 0.481 e. The first-order valence-corrected chi connectivity index (χ1v) is 4.03. The average molecular weight is 256 g/mol. The molecule has 72 valence electrons. The monoisotopic (exact) mass is 255 g/mol. The molecule has 13 heavy (non-hydrogen) atoms. The number of halogens is 4. The quantitative estimate of drug-likeness (QED) is 0.811. The Morgan fingerprint density at radius 3 is 2.62 bits per heavy atom. The Kier molecular flexibility index (Phi) is 3.13. The lowest BCUT2D eigenvalue weighted by molar-refractivity contribution is 0.140.